The maximum atomic E-state index is 5.48. The van der Waals surface area contributed by atoms with E-state index >= 15 is 0 Å². The lowest BCUT2D eigenvalue weighted by atomic mass is 9.89. The Labute approximate surface area is 107 Å². The normalized spacial score (nSPS) is 22.4. The number of nitrogens with two attached hydrogens (primary N) is 1. The summed E-state index contributed by atoms with van der Waals surface area (Å²) in [6.07, 6.45) is 5.90. The topological polar surface area (TPSA) is 85.1 Å². The number of aromatic nitrogens is 2. The predicted octanol–water partition coefficient (Wildman–Crippen LogP) is 1.30. The quantitative estimate of drug-likeness (QED) is 0.522. The van der Waals surface area contributed by atoms with Crippen molar-refractivity contribution in [3.63, 3.8) is 0 Å². The molecule has 18 heavy (non-hydrogen) atoms. The summed E-state index contributed by atoms with van der Waals surface area (Å²) in [5.74, 6) is 7.08. The third-order valence-corrected chi connectivity index (χ3v) is 3.35. The maximum Gasteiger partial charge on any atom is 0.148 e. The molecule has 0 bridgehead atoms. The summed E-state index contributed by atoms with van der Waals surface area (Å²) in [5.41, 5.74) is 3.69. The van der Waals surface area contributed by atoms with E-state index in [0.29, 0.717) is 18.0 Å². The van der Waals surface area contributed by atoms with Crippen molar-refractivity contribution < 1.29 is 4.74 Å². The Balaban J connectivity index is 2.07. The largest absolute Gasteiger partial charge is 0.381 e. The highest BCUT2D eigenvalue weighted by molar-refractivity contribution is 5.57. The number of nitrogen functional groups attached to an aromatic ring is 1. The molecule has 100 valence electrons. The molecule has 0 amide bonds. The van der Waals surface area contributed by atoms with Crippen LogP contribution in [-0.4, -0.2) is 29.2 Å². The number of nitrogens with zero attached hydrogens (tertiary/aromatic N) is 2. The van der Waals surface area contributed by atoms with E-state index in [1.807, 2.05) is 0 Å². The van der Waals surface area contributed by atoms with E-state index in [4.69, 9.17) is 10.6 Å². The summed E-state index contributed by atoms with van der Waals surface area (Å²) in [6.45, 7) is 2.13. The van der Waals surface area contributed by atoms with Crippen molar-refractivity contribution in [3.05, 3.63) is 11.9 Å². The van der Waals surface area contributed by atoms with Gasteiger partial charge >= 0.3 is 0 Å². The van der Waals surface area contributed by atoms with Crippen LogP contribution in [0.5, 0.6) is 0 Å². The number of hydrogen-bond acceptors (Lipinski definition) is 6. The van der Waals surface area contributed by atoms with Gasteiger partial charge in [0.25, 0.3) is 0 Å². The average Bonchev–Trinajstić information content (AvgIpc) is 2.35. The Bertz CT molecular complexity index is 392. The molecule has 6 nitrogen and oxygen atoms in total. The lowest BCUT2D eigenvalue weighted by Crippen LogP contribution is -2.40. The van der Waals surface area contributed by atoms with E-state index in [1.165, 1.54) is 6.33 Å². The van der Waals surface area contributed by atoms with Crippen molar-refractivity contribution in [1.29, 1.82) is 0 Å². The molecular formula is C12H21N5O. The molecule has 0 unspecified atom stereocenters. The lowest BCUT2D eigenvalue weighted by Gasteiger charge is -2.35. The molecule has 1 saturated carbocycles. The SMILES string of the molecule is CCCc1c(NN)ncnc1NC1CC(OC)C1. The Morgan fingerprint density at radius 3 is 2.72 bits per heavy atom. The minimum atomic E-state index is 0.381. The summed E-state index contributed by atoms with van der Waals surface area (Å²) in [6, 6.07) is 0.436. The molecule has 1 heterocycles. The number of rotatable bonds is 6. The van der Waals surface area contributed by atoms with Gasteiger partial charge in [-0.15, -0.1) is 0 Å². The van der Waals surface area contributed by atoms with Crippen LogP contribution in [0.2, 0.25) is 0 Å². The molecule has 1 aromatic rings. The smallest absolute Gasteiger partial charge is 0.148 e. The van der Waals surface area contributed by atoms with Crippen LogP contribution in [0.25, 0.3) is 0 Å². The summed E-state index contributed by atoms with van der Waals surface area (Å²) in [4.78, 5) is 8.47. The van der Waals surface area contributed by atoms with E-state index in [1.54, 1.807) is 7.11 Å². The van der Waals surface area contributed by atoms with Crippen LogP contribution < -0.4 is 16.6 Å². The van der Waals surface area contributed by atoms with Gasteiger partial charge in [-0.25, -0.2) is 15.8 Å². The number of methoxy groups -OCH3 is 1. The molecule has 0 aromatic carbocycles. The number of ether oxygens (including phenoxy) is 1. The van der Waals surface area contributed by atoms with Gasteiger partial charge in [-0.3, -0.25) is 0 Å². The van der Waals surface area contributed by atoms with Crippen molar-refractivity contribution in [1.82, 2.24) is 9.97 Å². The fraction of sp³-hybridized carbons (Fsp3) is 0.667. The van der Waals surface area contributed by atoms with Crippen LogP contribution in [0.15, 0.2) is 6.33 Å². The lowest BCUT2D eigenvalue weighted by molar-refractivity contribution is 0.0327. The standard InChI is InChI=1S/C12H21N5O/c1-3-4-10-11(14-7-15-12(10)17-13)16-8-5-9(6-8)18-2/h7-9H,3-6,13H2,1-2H3,(H2,14,15,16,17). The molecule has 1 fully saturated rings. The molecule has 2 rings (SSSR count). The summed E-state index contributed by atoms with van der Waals surface area (Å²) < 4.78 is 5.27. The van der Waals surface area contributed by atoms with E-state index in [2.05, 4.69) is 27.6 Å². The molecule has 4 N–H and O–H groups in total. The highest BCUT2D eigenvalue weighted by Crippen LogP contribution is 2.28. The molecule has 0 aliphatic heterocycles. The number of hydrogen-bond donors (Lipinski definition) is 3. The molecule has 0 spiro atoms. The molecule has 6 heteroatoms. The third-order valence-electron chi connectivity index (χ3n) is 3.35. The van der Waals surface area contributed by atoms with Gasteiger partial charge in [-0.1, -0.05) is 13.3 Å². The van der Waals surface area contributed by atoms with E-state index < -0.39 is 0 Å². The summed E-state index contributed by atoms with van der Waals surface area (Å²) in [5, 5.41) is 3.44. The van der Waals surface area contributed by atoms with Gasteiger partial charge in [-0.2, -0.15) is 0 Å². The zero-order chi connectivity index (χ0) is 13.0. The van der Waals surface area contributed by atoms with Gasteiger partial charge in [0.15, 0.2) is 0 Å². The minimum absolute atomic E-state index is 0.381. The fourth-order valence-corrected chi connectivity index (χ4v) is 2.22. The van der Waals surface area contributed by atoms with Crippen LogP contribution >= 0.6 is 0 Å². The Kier molecular flexibility index (Phi) is 4.33. The van der Waals surface area contributed by atoms with Gasteiger partial charge < -0.3 is 15.5 Å². The van der Waals surface area contributed by atoms with Crippen LogP contribution in [0.4, 0.5) is 11.6 Å². The highest BCUT2D eigenvalue weighted by Gasteiger charge is 2.29. The number of hydrazine groups is 1. The fourth-order valence-electron chi connectivity index (χ4n) is 2.22. The first-order valence-electron chi connectivity index (χ1n) is 6.38. The summed E-state index contributed by atoms with van der Waals surface area (Å²) in [7, 11) is 1.75. The van der Waals surface area contributed by atoms with Gasteiger partial charge in [-0.05, 0) is 19.3 Å². The van der Waals surface area contributed by atoms with Gasteiger partial charge in [0.05, 0.1) is 6.10 Å². The van der Waals surface area contributed by atoms with E-state index in [0.717, 1.165) is 37.1 Å². The monoisotopic (exact) mass is 251 g/mol. The van der Waals surface area contributed by atoms with Crippen molar-refractivity contribution in [2.45, 2.75) is 44.8 Å². The van der Waals surface area contributed by atoms with Crippen molar-refractivity contribution in [2.24, 2.45) is 5.84 Å². The summed E-state index contributed by atoms with van der Waals surface area (Å²) >= 11 is 0. The van der Waals surface area contributed by atoms with Crippen LogP contribution in [0.1, 0.15) is 31.7 Å². The second kappa shape index (κ2) is 5.97. The molecule has 0 atom stereocenters. The van der Waals surface area contributed by atoms with E-state index in [9.17, 15) is 0 Å². The molecule has 0 saturated heterocycles. The predicted molar refractivity (Wildman–Crippen MR) is 71.3 cm³/mol. The number of nitrogens with one attached hydrogen (secondary N) is 2. The molecule has 0 radical (unpaired) electrons. The minimum Gasteiger partial charge on any atom is -0.381 e. The Hall–Kier alpha value is -1.40. The molecular weight excluding hydrogens is 230 g/mol. The van der Waals surface area contributed by atoms with E-state index in [-0.39, 0.29) is 0 Å². The van der Waals surface area contributed by atoms with Gasteiger partial charge in [0, 0.05) is 18.7 Å². The van der Waals surface area contributed by atoms with Crippen molar-refractivity contribution >= 4 is 11.6 Å². The molecule has 1 aromatic heterocycles. The Morgan fingerprint density at radius 2 is 2.11 bits per heavy atom. The van der Waals surface area contributed by atoms with Crippen molar-refractivity contribution in [3.8, 4) is 0 Å². The first kappa shape index (κ1) is 13.0. The highest BCUT2D eigenvalue weighted by atomic mass is 16.5. The van der Waals surface area contributed by atoms with Crippen LogP contribution in [-0.2, 0) is 11.2 Å². The number of anilines is 2. The van der Waals surface area contributed by atoms with Crippen molar-refractivity contribution in [2.75, 3.05) is 17.9 Å². The second-order valence-corrected chi connectivity index (χ2v) is 4.61. The Morgan fingerprint density at radius 1 is 1.39 bits per heavy atom. The molecule has 1 aliphatic carbocycles. The van der Waals surface area contributed by atoms with Gasteiger partial charge in [0.2, 0.25) is 0 Å². The van der Waals surface area contributed by atoms with Crippen LogP contribution in [0.3, 0.4) is 0 Å². The first-order chi connectivity index (χ1) is 8.78. The first-order valence-corrected chi connectivity index (χ1v) is 6.38. The van der Waals surface area contributed by atoms with Gasteiger partial charge in [0.1, 0.15) is 18.0 Å². The average molecular weight is 251 g/mol. The third kappa shape index (κ3) is 2.70. The zero-order valence-electron chi connectivity index (χ0n) is 10.9. The molecule has 1 aliphatic rings. The maximum absolute atomic E-state index is 5.48. The second-order valence-electron chi connectivity index (χ2n) is 4.61. The van der Waals surface area contributed by atoms with Crippen LogP contribution in [0, 0.1) is 0 Å². The zero-order valence-corrected chi connectivity index (χ0v) is 10.9.